The number of nitrogens with one attached hydrogen (secondary N) is 1. The van der Waals surface area contributed by atoms with Crippen LogP contribution < -0.4 is 5.32 Å². The smallest absolute Gasteiger partial charge is 0.300 e. The molecule has 13 heavy (non-hydrogen) atoms. The van der Waals surface area contributed by atoms with Crippen LogP contribution in [0.3, 0.4) is 0 Å². The molecule has 1 aliphatic heterocycles. The fraction of sp³-hybridized carbons (Fsp3) is 0.875. The van der Waals surface area contributed by atoms with Crippen LogP contribution in [0, 0.1) is 0 Å². The third kappa shape index (κ3) is 7.70. The van der Waals surface area contributed by atoms with Crippen LogP contribution in [0.1, 0.15) is 13.8 Å². The molecule has 1 fully saturated rings. The number of aliphatic hydroxyl groups excluding tert-OH is 1. The molecule has 5 heteroatoms. The Hall–Kier alpha value is -0.650. The lowest BCUT2D eigenvalue weighted by Gasteiger charge is -2.29. The van der Waals surface area contributed by atoms with Crippen LogP contribution in [0.15, 0.2) is 0 Å². The minimum Gasteiger partial charge on any atom is -0.481 e. The number of rotatable bonds is 1. The molecule has 3 N–H and O–H groups in total. The summed E-state index contributed by atoms with van der Waals surface area (Å²) in [7, 11) is 0. The zero-order valence-electron chi connectivity index (χ0n) is 8.16. The lowest BCUT2D eigenvalue weighted by atomic mass is 10.3. The molecule has 0 radical (unpaired) electrons. The second-order valence-electron chi connectivity index (χ2n) is 2.94. The van der Waals surface area contributed by atoms with Gasteiger partial charge in [0.25, 0.3) is 5.97 Å². The van der Waals surface area contributed by atoms with Crippen molar-refractivity contribution in [2.75, 3.05) is 26.2 Å². The van der Waals surface area contributed by atoms with E-state index in [2.05, 4.69) is 10.2 Å². The van der Waals surface area contributed by atoms with Gasteiger partial charge in [-0.1, -0.05) is 0 Å². The normalized spacial score (nSPS) is 19.9. The molecule has 78 valence electrons. The second kappa shape index (κ2) is 6.82. The van der Waals surface area contributed by atoms with Gasteiger partial charge in [0, 0.05) is 33.1 Å². The largest absolute Gasteiger partial charge is 0.481 e. The van der Waals surface area contributed by atoms with E-state index < -0.39 is 5.97 Å². The van der Waals surface area contributed by atoms with Gasteiger partial charge in [-0.15, -0.1) is 0 Å². The minimum absolute atomic E-state index is 0.271. The molecule has 0 aliphatic carbocycles. The third-order valence-electron chi connectivity index (χ3n) is 1.68. The molecule has 0 bridgehead atoms. The van der Waals surface area contributed by atoms with Gasteiger partial charge in [-0.25, -0.2) is 0 Å². The summed E-state index contributed by atoms with van der Waals surface area (Å²) in [6.45, 7) is 6.84. The van der Waals surface area contributed by atoms with E-state index in [0.717, 1.165) is 33.1 Å². The van der Waals surface area contributed by atoms with E-state index in [9.17, 15) is 0 Å². The van der Waals surface area contributed by atoms with E-state index in [0.29, 0.717) is 0 Å². The van der Waals surface area contributed by atoms with Crippen molar-refractivity contribution >= 4 is 5.97 Å². The molecule has 5 nitrogen and oxygen atoms in total. The van der Waals surface area contributed by atoms with Crippen molar-refractivity contribution in [1.29, 1.82) is 0 Å². The molecule has 1 rings (SSSR count). The zero-order chi connectivity index (χ0) is 10.3. The Balaban J connectivity index is 0.000000310. The number of hydrogen-bond donors (Lipinski definition) is 3. The lowest BCUT2D eigenvalue weighted by Crippen LogP contribution is -2.47. The molecule has 1 heterocycles. The first-order chi connectivity index (χ1) is 6.04. The van der Waals surface area contributed by atoms with E-state index >= 15 is 0 Å². The molecule has 0 aromatic carbocycles. The number of carbonyl (C=O) groups is 1. The number of piperazine rings is 1. The highest BCUT2D eigenvalue weighted by molar-refractivity contribution is 5.62. The van der Waals surface area contributed by atoms with Crippen LogP contribution in [0.2, 0.25) is 0 Å². The Morgan fingerprint density at radius 3 is 2.08 bits per heavy atom. The summed E-state index contributed by atoms with van der Waals surface area (Å²) >= 11 is 0. The summed E-state index contributed by atoms with van der Waals surface area (Å²) in [5, 5.41) is 19.7. The van der Waals surface area contributed by atoms with Crippen LogP contribution in [0.5, 0.6) is 0 Å². The standard InChI is InChI=1S/C6H14N2O.C2H4O2/c1-6(9)8-4-2-7-3-5-8;1-2(3)4/h6-7,9H,2-5H2,1H3;1H3,(H,3,4). The van der Waals surface area contributed by atoms with Crippen LogP contribution in [-0.2, 0) is 4.79 Å². The molecular weight excluding hydrogens is 172 g/mol. The summed E-state index contributed by atoms with van der Waals surface area (Å²) in [6, 6.07) is 0. The fourth-order valence-corrected chi connectivity index (χ4v) is 1.06. The van der Waals surface area contributed by atoms with Crippen LogP contribution in [-0.4, -0.2) is 53.5 Å². The van der Waals surface area contributed by atoms with Crippen molar-refractivity contribution in [3.63, 3.8) is 0 Å². The number of aliphatic hydroxyl groups is 1. The molecule has 0 amide bonds. The number of nitrogens with zero attached hydrogens (tertiary/aromatic N) is 1. The summed E-state index contributed by atoms with van der Waals surface area (Å²) in [6.07, 6.45) is -0.271. The van der Waals surface area contributed by atoms with Gasteiger partial charge in [-0.2, -0.15) is 0 Å². The predicted octanol–water partition coefficient (Wildman–Crippen LogP) is -0.679. The van der Waals surface area contributed by atoms with Crippen molar-refractivity contribution in [1.82, 2.24) is 10.2 Å². The van der Waals surface area contributed by atoms with Crippen molar-refractivity contribution in [3.8, 4) is 0 Å². The van der Waals surface area contributed by atoms with Gasteiger partial charge in [0.1, 0.15) is 6.23 Å². The first-order valence-electron chi connectivity index (χ1n) is 4.36. The molecule has 1 aliphatic rings. The van der Waals surface area contributed by atoms with Gasteiger partial charge >= 0.3 is 0 Å². The average Bonchev–Trinajstić information content (AvgIpc) is 2.05. The SMILES string of the molecule is CC(=O)O.CC(O)N1CCNCC1. The summed E-state index contributed by atoms with van der Waals surface area (Å²) < 4.78 is 0. The van der Waals surface area contributed by atoms with E-state index in [1.807, 2.05) is 6.92 Å². The van der Waals surface area contributed by atoms with E-state index in [1.54, 1.807) is 0 Å². The molecule has 1 unspecified atom stereocenters. The van der Waals surface area contributed by atoms with Gasteiger partial charge in [0.05, 0.1) is 0 Å². The van der Waals surface area contributed by atoms with E-state index in [-0.39, 0.29) is 6.23 Å². The molecule has 0 aromatic heterocycles. The monoisotopic (exact) mass is 190 g/mol. The zero-order valence-corrected chi connectivity index (χ0v) is 8.16. The number of carboxylic acid groups (broad SMARTS) is 1. The number of carboxylic acids is 1. The highest BCUT2D eigenvalue weighted by atomic mass is 16.4. The van der Waals surface area contributed by atoms with Crippen LogP contribution in [0.4, 0.5) is 0 Å². The number of aliphatic carboxylic acids is 1. The molecule has 0 saturated carbocycles. The Morgan fingerprint density at radius 2 is 1.85 bits per heavy atom. The Morgan fingerprint density at radius 1 is 1.46 bits per heavy atom. The average molecular weight is 190 g/mol. The molecular formula is C8H18N2O3. The van der Waals surface area contributed by atoms with Crippen molar-refractivity contribution < 1.29 is 15.0 Å². The van der Waals surface area contributed by atoms with E-state index in [1.165, 1.54) is 0 Å². The maximum Gasteiger partial charge on any atom is 0.300 e. The predicted molar refractivity (Wildman–Crippen MR) is 49.4 cm³/mol. The maximum atomic E-state index is 9.08. The van der Waals surface area contributed by atoms with Crippen LogP contribution in [0.25, 0.3) is 0 Å². The molecule has 1 saturated heterocycles. The third-order valence-corrected chi connectivity index (χ3v) is 1.68. The van der Waals surface area contributed by atoms with Crippen molar-refractivity contribution in [2.45, 2.75) is 20.1 Å². The van der Waals surface area contributed by atoms with Gasteiger partial charge in [0.15, 0.2) is 0 Å². The first-order valence-corrected chi connectivity index (χ1v) is 4.36. The molecule has 0 aromatic rings. The Kier molecular flexibility index (Phi) is 6.48. The van der Waals surface area contributed by atoms with E-state index in [4.69, 9.17) is 15.0 Å². The van der Waals surface area contributed by atoms with Gasteiger partial charge < -0.3 is 15.5 Å². The first kappa shape index (κ1) is 12.3. The summed E-state index contributed by atoms with van der Waals surface area (Å²) in [5.74, 6) is -0.833. The Bertz CT molecular complexity index is 140. The maximum absolute atomic E-state index is 9.08. The van der Waals surface area contributed by atoms with Gasteiger partial charge in [-0.05, 0) is 6.92 Å². The van der Waals surface area contributed by atoms with Crippen molar-refractivity contribution in [2.24, 2.45) is 0 Å². The lowest BCUT2D eigenvalue weighted by molar-refractivity contribution is -0.134. The highest BCUT2D eigenvalue weighted by Crippen LogP contribution is 1.95. The quantitative estimate of drug-likeness (QED) is 0.511. The van der Waals surface area contributed by atoms with Crippen LogP contribution >= 0.6 is 0 Å². The summed E-state index contributed by atoms with van der Waals surface area (Å²) in [5.41, 5.74) is 0. The summed E-state index contributed by atoms with van der Waals surface area (Å²) in [4.78, 5) is 11.1. The number of hydrogen-bond acceptors (Lipinski definition) is 4. The van der Waals surface area contributed by atoms with Gasteiger partial charge in [0.2, 0.25) is 0 Å². The second-order valence-corrected chi connectivity index (χ2v) is 2.94. The fourth-order valence-electron chi connectivity index (χ4n) is 1.06. The highest BCUT2D eigenvalue weighted by Gasteiger charge is 2.12. The van der Waals surface area contributed by atoms with Crippen molar-refractivity contribution in [3.05, 3.63) is 0 Å². The minimum atomic E-state index is -0.833. The molecule has 0 spiro atoms. The molecule has 1 atom stereocenters. The topological polar surface area (TPSA) is 72.8 Å². The van der Waals surface area contributed by atoms with Gasteiger partial charge in [-0.3, -0.25) is 9.69 Å². The Labute approximate surface area is 78.4 Å².